The van der Waals surface area contributed by atoms with Gasteiger partial charge in [0, 0.05) is 23.5 Å². The van der Waals surface area contributed by atoms with Crippen molar-refractivity contribution in [3.63, 3.8) is 0 Å². The molecule has 1 heterocycles. The summed E-state index contributed by atoms with van der Waals surface area (Å²) in [6, 6.07) is 20.6. The Morgan fingerprint density at radius 1 is 0.897 bits per heavy atom. The van der Waals surface area contributed by atoms with E-state index in [-0.39, 0.29) is 18.4 Å². The maximum Gasteiger partial charge on any atom is 0.270 e. The third-order valence-electron chi connectivity index (χ3n) is 4.55. The number of amides is 2. The van der Waals surface area contributed by atoms with E-state index in [2.05, 4.69) is 10.7 Å². The van der Waals surface area contributed by atoms with Crippen LogP contribution in [0, 0.1) is 13.8 Å². The van der Waals surface area contributed by atoms with Crippen LogP contribution < -0.4 is 15.5 Å². The van der Waals surface area contributed by atoms with Gasteiger partial charge in [0.15, 0.2) is 6.61 Å². The zero-order valence-corrected chi connectivity index (χ0v) is 16.6. The number of nitrogens with one attached hydrogen (secondary N) is 2. The molecule has 0 fully saturated rings. The molecule has 1 aromatic heterocycles. The van der Waals surface area contributed by atoms with Gasteiger partial charge in [0.05, 0.1) is 0 Å². The number of aromatic nitrogens is 1. The van der Waals surface area contributed by atoms with Gasteiger partial charge in [-0.3, -0.25) is 19.7 Å². The number of carbonyl (C=O) groups is 2. The lowest BCUT2D eigenvalue weighted by Gasteiger charge is -2.12. The fourth-order valence-electron chi connectivity index (χ4n) is 2.90. The van der Waals surface area contributed by atoms with Crippen molar-refractivity contribution in [1.29, 1.82) is 0 Å². The van der Waals surface area contributed by atoms with Crippen molar-refractivity contribution >= 4 is 11.8 Å². The summed E-state index contributed by atoms with van der Waals surface area (Å²) in [5, 5.41) is 2.84. The van der Waals surface area contributed by atoms with E-state index >= 15 is 0 Å². The first-order valence-corrected chi connectivity index (χ1v) is 9.53. The fourth-order valence-corrected chi connectivity index (χ4v) is 2.90. The minimum absolute atomic E-state index is 0.0674. The Kier molecular flexibility index (Phi) is 6.68. The third-order valence-corrected chi connectivity index (χ3v) is 4.55. The topological polar surface area (TPSA) is 72.4 Å². The first-order valence-electron chi connectivity index (χ1n) is 9.53. The van der Waals surface area contributed by atoms with Crippen molar-refractivity contribution in [2.45, 2.75) is 20.3 Å². The Morgan fingerprint density at radius 3 is 2.21 bits per heavy atom. The largest absolute Gasteiger partial charge is 0.484 e. The maximum absolute atomic E-state index is 12.4. The molecule has 3 rings (SSSR count). The normalized spacial score (nSPS) is 10.4. The van der Waals surface area contributed by atoms with Gasteiger partial charge in [-0.1, -0.05) is 30.3 Å². The monoisotopic (exact) mass is 391 g/mol. The van der Waals surface area contributed by atoms with Gasteiger partial charge in [-0.2, -0.15) is 0 Å². The molecule has 0 bridgehead atoms. The fraction of sp³-hybridized carbons (Fsp3) is 0.217. The Morgan fingerprint density at radius 2 is 1.55 bits per heavy atom. The van der Waals surface area contributed by atoms with Gasteiger partial charge in [0.1, 0.15) is 5.75 Å². The van der Waals surface area contributed by atoms with Crippen molar-refractivity contribution in [3.05, 3.63) is 89.2 Å². The van der Waals surface area contributed by atoms with E-state index in [1.807, 2.05) is 56.3 Å². The van der Waals surface area contributed by atoms with Crippen LogP contribution in [0.2, 0.25) is 0 Å². The quantitative estimate of drug-likeness (QED) is 0.619. The van der Waals surface area contributed by atoms with E-state index in [1.54, 1.807) is 28.9 Å². The van der Waals surface area contributed by atoms with Crippen LogP contribution in [0.1, 0.15) is 27.3 Å². The van der Waals surface area contributed by atoms with Crippen LogP contribution in [0.4, 0.5) is 0 Å². The zero-order chi connectivity index (χ0) is 20.6. The van der Waals surface area contributed by atoms with Crippen molar-refractivity contribution in [2.75, 3.05) is 18.6 Å². The number of aryl methyl sites for hydroxylation is 2. The number of rotatable bonds is 8. The number of benzene rings is 2. The van der Waals surface area contributed by atoms with E-state index in [0.29, 0.717) is 17.9 Å². The van der Waals surface area contributed by atoms with E-state index in [1.165, 1.54) is 5.56 Å². The van der Waals surface area contributed by atoms with Crippen LogP contribution in [0.5, 0.6) is 5.75 Å². The molecule has 0 radical (unpaired) electrons. The van der Waals surface area contributed by atoms with Crippen LogP contribution >= 0.6 is 0 Å². The van der Waals surface area contributed by atoms with E-state index < -0.39 is 0 Å². The second kappa shape index (κ2) is 9.59. The Labute approximate surface area is 170 Å². The summed E-state index contributed by atoms with van der Waals surface area (Å²) in [4.78, 5) is 24.3. The highest BCUT2D eigenvalue weighted by molar-refractivity contribution is 6.00. The lowest BCUT2D eigenvalue weighted by Crippen LogP contribution is -2.30. The molecule has 2 amide bonds. The molecule has 150 valence electrons. The molecule has 0 saturated carbocycles. The minimum atomic E-state index is -0.211. The number of ether oxygens (including phenoxy) is 1. The Hall–Kier alpha value is -3.54. The van der Waals surface area contributed by atoms with Crippen LogP contribution in [-0.4, -0.2) is 29.6 Å². The second-order valence-electron chi connectivity index (χ2n) is 6.79. The average Bonchev–Trinajstić information content (AvgIpc) is 3.05. The maximum atomic E-state index is 12.4. The molecular weight excluding hydrogens is 366 g/mol. The van der Waals surface area contributed by atoms with Crippen LogP contribution in [0.3, 0.4) is 0 Å². The van der Waals surface area contributed by atoms with Crippen molar-refractivity contribution in [2.24, 2.45) is 0 Å². The minimum Gasteiger partial charge on any atom is -0.484 e. The summed E-state index contributed by atoms with van der Waals surface area (Å²) in [5.74, 6) is 0.145. The number of carbonyl (C=O) groups excluding carboxylic acids is 2. The number of hydrogen-bond acceptors (Lipinski definition) is 3. The SMILES string of the molecule is Cc1ccc(C)n1NC(=O)c1ccc(OCC(=O)NCCc2ccccc2)cc1. The van der Waals surface area contributed by atoms with Gasteiger partial charge in [-0.05, 0) is 62.2 Å². The number of nitrogens with zero attached hydrogens (tertiary/aromatic N) is 1. The van der Waals surface area contributed by atoms with Gasteiger partial charge >= 0.3 is 0 Å². The number of hydrogen-bond donors (Lipinski definition) is 2. The van der Waals surface area contributed by atoms with Crippen LogP contribution in [-0.2, 0) is 11.2 Å². The van der Waals surface area contributed by atoms with Crippen molar-refractivity contribution in [3.8, 4) is 5.75 Å². The summed E-state index contributed by atoms with van der Waals surface area (Å²) < 4.78 is 7.24. The molecule has 29 heavy (non-hydrogen) atoms. The molecule has 6 heteroatoms. The molecule has 0 atom stereocenters. The summed E-state index contributed by atoms with van der Waals surface area (Å²) in [6.45, 7) is 4.34. The molecular formula is C23H25N3O3. The molecule has 2 aromatic carbocycles. The average molecular weight is 391 g/mol. The third kappa shape index (κ3) is 5.72. The standard InChI is InChI=1S/C23H25N3O3/c1-17-8-9-18(2)26(17)25-23(28)20-10-12-21(13-11-20)29-16-22(27)24-15-14-19-6-4-3-5-7-19/h3-13H,14-16H2,1-2H3,(H,24,27)(H,25,28). The molecule has 0 saturated heterocycles. The summed E-state index contributed by atoms with van der Waals surface area (Å²) in [7, 11) is 0. The van der Waals surface area contributed by atoms with E-state index in [0.717, 1.165) is 17.8 Å². The van der Waals surface area contributed by atoms with Gasteiger partial charge in [-0.25, -0.2) is 0 Å². The van der Waals surface area contributed by atoms with E-state index in [4.69, 9.17) is 4.74 Å². The first kappa shape index (κ1) is 20.2. The lowest BCUT2D eigenvalue weighted by molar-refractivity contribution is -0.123. The zero-order valence-electron chi connectivity index (χ0n) is 16.6. The Balaban J connectivity index is 1.44. The molecule has 0 aliphatic heterocycles. The molecule has 0 aliphatic carbocycles. The molecule has 0 spiro atoms. The highest BCUT2D eigenvalue weighted by Crippen LogP contribution is 2.13. The predicted octanol–water partition coefficient (Wildman–Crippen LogP) is 3.23. The molecule has 0 aliphatic rings. The predicted molar refractivity (Wildman–Crippen MR) is 113 cm³/mol. The highest BCUT2D eigenvalue weighted by Gasteiger charge is 2.09. The van der Waals surface area contributed by atoms with Crippen molar-refractivity contribution < 1.29 is 14.3 Å². The van der Waals surface area contributed by atoms with Crippen LogP contribution in [0.15, 0.2) is 66.7 Å². The van der Waals surface area contributed by atoms with Crippen LogP contribution in [0.25, 0.3) is 0 Å². The molecule has 0 unspecified atom stereocenters. The second-order valence-corrected chi connectivity index (χ2v) is 6.79. The summed E-state index contributed by atoms with van der Waals surface area (Å²) in [5.41, 5.74) is 6.44. The van der Waals surface area contributed by atoms with Crippen molar-refractivity contribution in [1.82, 2.24) is 9.99 Å². The highest BCUT2D eigenvalue weighted by atomic mass is 16.5. The Bertz CT molecular complexity index is 943. The lowest BCUT2D eigenvalue weighted by atomic mass is 10.1. The molecule has 2 N–H and O–H groups in total. The van der Waals surface area contributed by atoms with Gasteiger partial charge in [-0.15, -0.1) is 0 Å². The summed E-state index contributed by atoms with van der Waals surface area (Å²) >= 11 is 0. The van der Waals surface area contributed by atoms with Gasteiger partial charge in [0.25, 0.3) is 11.8 Å². The first-order chi connectivity index (χ1) is 14.0. The molecule has 6 nitrogen and oxygen atoms in total. The van der Waals surface area contributed by atoms with Gasteiger partial charge in [0.2, 0.25) is 0 Å². The van der Waals surface area contributed by atoms with Gasteiger partial charge < -0.3 is 10.1 Å². The van der Waals surface area contributed by atoms with E-state index in [9.17, 15) is 9.59 Å². The molecule has 3 aromatic rings. The smallest absolute Gasteiger partial charge is 0.270 e. The summed E-state index contributed by atoms with van der Waals surface area (Å²) in [6.07, 6.45) is 0.775.